The van der Waals surface area contributed by atoms with E-state index in [1.54, 1.807) is 3.96 Å². The minimum Gasteiger partial charge on any atom is -0.272 e. The number of rotatable bonds is 3. The molecule has 0 N–H and O–H groups in total. The van der Waals surface area contributed by atoms with Gasteiger partial charge in [-0.15, -0.1) is 0 Å². The van der Waals surface area contributed by atoms with E-state index in [-0.39, 0.29) is 5.56 Å². The van der Waals surface area contributed by atoms with Gasteiger partial charge in [-0.3, -0.25) is 13.4 Å². The fraction of sp³-hybridized carbons (Fsp3) is 0.231. The summed E-state index contributed by atoms with van der Waals surface area (Å²) < 4.78 is 5.56. The van der Waals surface area contributed by atoms with Crippen molar-refractivity contribution in [3.05, 3.63) is 51.0 Å². The lowest BCUT2D eigenvalue weighted by Gasteiger charge is -1.97. The lowest BCUT2D eigenvalue weighted by atomic mass is 10.3. The van der Waals surface area contributed by atoms with Crippen molar-refractivity contribution in [3.63, 3.8) is 0 Å². The Bertz CT molecular complexity index is 787. The zero-order valence-electron chi connectivity index (χ0n) is 10.3. The van der Waals surface area contributed by atoms with E-state index in [1.807, 2.05) is 42.1 Å². The van der Waals surface area contributed by atoms with Crippen LogP contribution in [0.1, 0.15) is 12.6 Å². The molecule has 1 aromatic carbocycles. The molecule has 0 radical (unpaired) electrons. The minimum atomic E-state index is 0.0542. The molecule has 4 nitrogen and oxygen atoms in total. The third kappa shape index (κ3) is 2.26. The van der Waals surface area contributed by atoms with Gasteiger partial charge in [-0.1, -0.05) is 23.7 Å². The molecule has 0 amide bonds. The highest BCUT2D eigenvalue weighted by atomic mass is 79.9. The molecule has 0 aliphatic rings. The smallest absolute Gasteiger partial charge is 0.268 e. The maximum Gasteiger partial charge on any atom is 0.268 e. The fourth-order valence-electron chi connectivity index (χ4n) is 1.96. The van der Waals surface area contributed by atoms with Crippen molar-refractivity contribution in [1.82, 2.24) is 13.7 Å². The number of hydrogen-bond donors (Lipinski definition) is 0. The van der Waals surface area contributed by atoms with E-state index in [2.05, 4.69) is 21.0 Å². The Kier molecular flexibility index (Phi) is 3.28. The van der Waals surface area contributed by atoms with Crippen LogP contribution in [0.25, 0.3) is 10.1 Å². The van der Waals surface area contributed by atoms with E-state index >= 15 is 0 Å². The highest BCUT2D eigenvalue weighted by Crippen LogP contribution is 2.20. The lowest BCUT2D eigenvalue weighted by Crippen LogP contribution is -2.14. The molecule has 3 rings (SSSR count). The van der Waals surface area contributed by atoms with Gasteiger partial charge in [0.2, 0.25) is 0 Å². The molecule has 0 atom stereocenters. The summed E-state index contributed by atoms with van der Waals surface area (Å²) in [6, 6.07) is 7.68. The normalized spacial score (nSPS) is 11.3. The predicted octanol–water partition coefficient (Wildman–Crippen LogP) is 3.09. The molecule has 0 bridgehead atoms. The molecule has 3 aromatic rings. The number of halogens is 1. The topological polar surface area (TPSA) is 39.8 Å². The van der Waals surface area contributed by atoms with Crippen LogP contribution in [0.2, 0.25) is 0 Å². The van der Waals surface area contributed by atoms with Crippen LogP contribution in [0, 0.1) is 0 Å². The first kappa shape index (κ1) is 12.6. The van der Waals surface area contributed by atoms with Crippen molar-refractivity contribution in [2.24, 2.45) is 0 Å². The second kappa shape index (κ2) is 4.94. The number of nitrogens with zero attached hydrogens (tertiary/aromatic N) is 3. The first-order chi connectivity index (χ1) is 9.19. The molecule has 0 fully saturated rings. The van der Waals surface area contributed by atoms with Gasteiger partial charge < -0.3 is 0 Å². The predicted molar refractivity (Wildman–Crippen MR) is 80.8 cm³/mol. The van der Waals surface area contributed by atoms with Crippen molar-refractivity contribution in [2.75, 3.05) is 0 Å². The minimum absolute atomic E-state index is 0.0542. The van der Waals surface area contributed by atoms with E-state index in [0.29, 0.717) is 6.54 Å². The van der Waals surface area contributed by atoms with Crippen molar-refractivity contribution in [3.8, 4) is 0 Å². The standard InChI is InChI=1S/C13H12BrN3OS/c1-2-16-7-10(14)11(15-16)8-17-13(18)9-5-3-4-6-12(9)19-17/h3-7H,2,8H2,1H3. The molecular weight excluding hydrogens is 326 g/mol. The van der Waals surface area contributed by atoms with Crippen LogP contribution in [-0.2, 0) is 13.1 Å². The zero-order valence-corrected chi connectivity index (χ0v) is 12.7. The molecule has 98 valence electrons. The first-order valence-corrected chi connectivity index (χ1v) is 7.56. The van der Waals surface area contributed by atoms with Crippen molar-refractivity contribution < 1.29 is 0 Å². The quantitative estimate of drug-likeness (QED) is 0.736. The van der Waals surface area contributed by atoms with Crippen LogP contribution in [-0.4, -0.2) is 13.7 Å². The van der Waals surface area contributed by atoms with Crippen molar-refractivity contribution >= 4 is 37.5 Å². The maximum absolute atomic E-state index is 12.2. The monoisotopic (exact) mass is 337 g/mol. The molecule has 0 saturated heterocycles. The summed E-state index contributed by atoms with van der Waals surface area (Å²) in [6.45, 7) is 3.36. The second-order valence-electron chi connectivity index (χ2n) is 4.21. The summed E-state index contributed by atoms with van der Waals surface area (Å²) in [4.78, 5) is 12.2. The average Bonchev–Trinajstić information content (AvgIpc) is 2.93. The van der Waals surface area contributed by atoms with Crippen LogP contribution in [0.4, 0.5) is 0 Å². The van der Waals surface area contributed by atoms with Crippen molar-refractivity contribution in [2.45, 2.75) is 20.0 Å². The molecule has 0 unspecified atom stereocenters. The Labute approximate surface area is 122 Å². The fourth-order valence-corrected chi connectivity index (χ4v) is 3.40. The first-order valence-electron chi connectivity index (χ1n) is 5.99. The van der Waals surface area contributed by atoms with Gasteiger partial charge in [0.1, 0.15) is 0 Å². The lowest BCUT2D eigenvalue weighted by molar-refractivity contribution is 0.640. The molecule has 6 heteroatoms. The molecule has 0 spiro atoms. The molecule has 0 aliphatic carbocycles. The van der Waals surface area contributed by atoms with Gasteiger partial charge >= 0.3 is 0 Å². The van der Waals surface area contributed by atoms with Crippen LogP contribution >= 0.6 is 27.5 Å². The van der Waals surface area contributed by atoms with Gasteiger partial charge in [0, 0.05) is 12.7 Å². The molecule has 19 heavy (non-hydrogen) atoms. The van der Waals surface area contributed by atoms with Gasteiger partial charge in [-0.2, -0.15) is 5.10 Å². The second-order valence-corrected chi connectivity index (χ2v) is 6.13. The van der Waals surface area contributed by atoms with Crippen LogP contribution in [0.15, 0.2) is 39.7 Å². The Hall–Kier alpha value is -1.40. The SMILES string of the molecule is CCn1cc(Br)c(Cn2sc3ccccc3c2=O)n1. The summed E-state index contributed by atoms with van der Waals surface area (Å²) in [5, 5.41) is 5.23. The van der Waals surface area contributed by atoms with E-state index in [0.717, 1.165) is 26.8 Å². The Morgan fingerprint density at radius 1 is 1.37 bits per heavy atom. The number of hydrogen-bond acceptors (Lipinski definition) is 3. The summed E-state index contributed by atoms with van der Waals surface area (Å²) in [6.07, 6.45) is 1.94. The molecule has 2 aromatic heterocycles. The number of fused-ring (bicyclic) bond motifs is 1. The molecule has 0 saturated carbocycles. The Morgan fingerprint density at radius 3 is 2.84 bits per heavy atom. The highest BCUT2D eigenvalue weighted by Gasteiger charge is 2.11. The largest absolute Gasteiger partial charge is 0.272 e. The number of aromatic nitrogens is 3. The third-order valence-electron chi connectivity index (χ3n) is 2.96. The van der Waals surface area contributed by atoms with E-state index in [1.165, 1.54) is 11.5 Å². The van der Waals surface area contributed by atoms with Gasteiger partial charge in [0.15, 0.2) is 0 Å². The molecular formula is C13H12BrN3OS. The third-order valence-corrected chi connectivity index (χ3v) is 4.69. The molecule has 2 heterocycles. The summed E-state index contributed by atoms with van der Waals surface area (Å²) in [5.74, 6) is 0. The summed E-state index contributed by atoms with van der Waals surface area (Å²) in [7, 11) is 0. The van der Waals surface area contributed by atoms with E-state index < -0.39 is 0 Å². The van der Waals surface area contributed by atoms with Crippen LogP contribution in [0.5, 0.6) is 0 Å². The number of benzene rings is 1. The van der Waals surface area contributed by atoms with E-state index in [4.69, 9.17) is 0 Å². The zero-order chi connectivity index (χ0) is 13.4. The van der Waals surface area contributed by atoms with Gasteiger partial charge in [0.05, 0.1) is 26.8 Å². The van der Waals surface area contributed by atoms with Gasteiger partial charge in [-0.25, -0.2) is 0 Å². The van der Waals surface area contributed by atoms with Crippen LogP contribution in [0.3, 0.4) is 0 Å². The maximum atomic E-state index is 12.2. The average molecular weight is 338 g/mol. The summed E-state index contributed by atoms with van der Waals surface area (Å²) in [5.41, 5.74) is 0.939. The van der Waals surface area contributed by atoms with E-state index in [9.17, 15) is 4.79 Å². The highest BCUT2D eigenvalue weighted by molar-refractivity contribution is 9.10. The van der Waals surface area contributed by atoms with Crippen LogP contribution < -0.4 is 5.56 Å². The Balaban J connectivity index is 2.03. The Morgan fingerprint density at radius 2 is 2.16 bits per heavy atom. The summed E-state index contributed by atoms with van der Waals surface area (Å²) >= 11 is 4.97. The molecule has 0 aliphatic heterocycles. The van der Waals surface area contributed by atoms with Crippen molar-refractivity contribution in [1.29, 1.82) is 0 Å². The van der Waals surface area contributed by atoms with Gasteiger partial charge in [-0.05, 0) is 35.0 Å². The number of aryl methyl sites for hydroxylation is 1. The van der Waals surface area contributed by atoms with Gasteiger partial charge in [0.25, 0.3) is 5.56 Å².